The van der Waals surface area contributed by atoms with Crippen molar-refractivity contribution < 1.29 is 13.3 Å². The Balaban J connectivity index is 1.61. The molecule has 0 amide bonds. The predicted molar refractivity (Wildman–Crippen MR) is 114 cm³/mol. The number of aromatic nitrogens is 2. The molecule has 10 heteroatoms. The molecule has 8 nitrogen and oxygen atoms in total. The van der Waals surface area contributed by atoms with Crippen LogP contribution in [0.2, 0.25) is 0 Å². The summed E-state index contributed by atoms with van der Waals surface area (Å²) in [6.07, 6.45) is 3.55. The first-order valence-electron chi connectivity index (χ1n) is 9.48. The van der Waals surface area contributed by atoms with E-state index in [-0.39, 0.29) is 15.9 Å². The Morgan fingerprint density at radius 1 is 1.28 bits per heavy atom. The molecule has 0 aliphatic carbocycles. The Kier molecular flexibility index (Phi) is 5.07. The van der Waals surface area contributed by atoms with Gasteiger partial charge in [-0.25, -0.2) is 13.4 Å². The topological polar surface area (TPSA) is 98.3 Å². The third kappa shape index (κ3) is 3.62. The zero-order valence-corrected chi connectivity index (χ0v) is 17.9. The van der Waals surface area contributed by atoms with E-state index in [9.17, 15) is 18.5 Å². The van der Waals surface area contributed by atoms with Gasteiger partial charge in [-0.2, -0.15) is 0 Å². The quantitative estimate of drug-likeness (QED) is 0.447. The summed E-state index contributed by atoms with van der Waals surface area (Å²) in [7, 11) is -3.48. The molecule has 1 aromatic carbocycles. The lowest BCUT2D eigenvalue weighted by molar-refractivity contribution is -0.383. The molecule has 1 saturated heterocycles. The van der Waals surface area contributed by atoms with Crippen molar-refractivity contribution in [3.63, 3.8) is 0 Å². The summed E-state index contributed by atoms with van der Waals surface area (Å²) in [5.74, 6) is 1.05. The number of aryl methyl sites for hydroxylation is 1. The number of benzene rings is 1. The fourth-order valence-electron chi connectivity index (χ4n) is 3.97. The molecule has 2 aromatic heterocycles. The molecule has 0 atom stereocenters. The number of para-hydroxylation sites is 2. The molecule has 1 aliphatic heterocycles. The molecule has 0 radical (unpaired) electrons. The zero-order valence-electron chi connectivity index (χ0n) is 16.2. The second kappa shape index (κ2) is 7.42. The van der Waals surface area contributed by atoms with Crippen molar-refractivity contribution in [1.82, 2.24) is 9.55 Å². The Morgan fingerprint density at radius 3 is 2.59 bits per heavy atom. The summed E-state index contributed by atoms with van der Waals surface area (Å²) in [5.41, 5.74) is 1.97. The molecule has 3 heterocycles. The third-order valence-corrected chi connectivity index (χ3v) is 8.32. The van der Waals surface area contributed by atoms with E-state index in [1.165, 1.54) is 6.07 Å². The minimum atomic E-state index is -3.48. The molecule has 0 unspecified atom stereocenters. The lowest BCUT2D eigenvalue weighted by atomic mass is 10.0. The van der Waals surface area contributed by atoms with Crippen molar-refractivity contribution in [2.45, 2.75) is 36.4 Å². The number of fused-ring (bicyclic) bond motifs is 1. The number of hydrogen-bond donors (Lipinski definition) is 0. The zero-order chi connectivity index (χ0) is 20.8. The van der Waals surface area contributed by atoms with Gasteiger partial charge < -0.3 is 9.47 Å². The number of rotatable bonds is 5. The van der Waals surface area contributed by atoms with Crippen LogP contribution in [0.15, 0.2) is 34.5 Å². The van der Waals surface area contributed by atoms with Crippen LogP contribution in [0.25, 0.3) is 11.0 Å². The summed E-state index contributed by atoms with van der Waals surface area (Å²) in [4.78, 5) is 17.7. The molecule has 1 aliphatic rings. The van der Waals surface area contributed by atoms with Crippen molar-refractivity contribution in [2.75, 3.05) is 24.2 Å². The molecule has 0 spiro atoms. The van der Waals surface area contributed by atoms with E-state index in [4.69, 9.17) is 4.98 Å². The van der Waals surface area contributed by atoms with Gasteiger partial charge in [0.15, 0.2) is 14.8 Å². The molecular formula is C19H22N4O4S2. The van der Waals surface area contributed by atoms with Gasteiger partial charge in [-0.05, 0) is 25.0 Å². The Morgan fingerprint density at radius 2 is 1.97 bits per heavy atom. The lowest BCUT2D eigenvalue weighted by Crippen LogP contribution is -2.34. The fraction of sp³-hybridized carbons (Fsp3) is 0.421. The summed E-state index contributed by atoms with van der Waals surface area (Å²) in [6.45, 7) is 3.35. The lowest BCUT2D eigenvalue weighted by Gasteiger charge is -2.33. The smallest absolute Gasteiger partial charge is 0.305 e. The molecule has 29 heavy (non-hydrogen) atoms. The normalized spacial score (nSPS) is 15.9. The van der Waals surface area contributed by atoms with Crippen molar-refractivity contribution in [3.8, 4) is 0 Å². The molecular weight excluding hydrogens is 412 g/mol. The average Bonchev–Trinajstić information content (AvgIpc) is 3.30. The molecule has 0 saturated carbocycles. The van der Waals surface area contributed by atoms with Gasteiger partial charge in [0.05, 0.1) is 16.0 Å². The van der Waals surface area contributed by atoms with Gasteiger partial charge in [0.1, 0.15) is 10.0 Å². The fourth-order valence-corrected chi connectivity index (χ4v) is 6.05. The first-order valence-corrected chi connectivity index (χ1v) is 12.2. The Bertz CT molecular complexity index is 1170. The van der Waals surface area contributed by atoms with Gasteiger partial charge in [-0.1, -0.05) is 30.4 Å². The maximum atomic E-state index is 11.9. The average molecular weight is 435 g/mol. The predicted octanol–water partition coefficient (Wildman–Crippen LogP) is 3.81. The molecule has 0 N–H and O–H groups in total. The number of nitro groups is 1. The van der Waals surface area contributed by atoms with Crippen molar-refractivity contribution in [2.24, 2.45) is 0 Å². The van der Waals surface area contributed by atoms with Gasteiger partial charge in [0, 0.05) is 37.9 Å². The second-order valence-electron chi connectivity index (χ2n) is 7.24. The van der Waals surface area contributed by atoms with Crippen LogP contribution in [0.3, 0.4) is 0 Å². The largest absolute Gasteiger partial charge is 0.358 e. The molecule has 4 rings (SSSR count). The van der Waals surface area contributed by atoms with E-state index in [1.54, 1.807) is 0 Å². The third-order valence-electron chi connectivity index (χ3n) is 5.34. The number of nitrogens with zero attached hydrogens (tertiary/aromatic N) is 4. The van der Waals surface area contributed by atoms with Crippen LogP contribution in [-0.2, 0) is 16.3 Å². The van der Waals surface area contributed by atoms with Crippen LogP contribution < -0.4 is 4.90 Å². The molecule has 0 bridgehead atoms. The van der Waals surface area contributed by atoms with E-state index < -0.39 is 14.8 Å². The van der Waals surface area contributed by atoms with E-state index in [0.717, 1.165) is 53.7 Å². The van der Waals surface area contributed by atoms with Gasteiger partial charge in [0.25, 0.3) is 0 Å². The Labute approximate surface area is 172 Å². The first-order chi connectivity index (χ1) is 13.8. The number of piperidine rings is 1. The highest BCUT2D eigenvalue weighted by Gasteiger charge is 2.31. The monoisotopic (exact) mass is 434 g/mol. The van der Waals surface area contributed by atoms with E-state index in [2.05, 4.69) is 17.6 Å². The Hall–Kier alpha value is -2.46. The molecule has 154 valence electrons. The molecule has 3 aromatic rings. The van der Waals surface area contributed by atoms with Crippen molar-refractivity contribution >= 4 is 42.9 Å². The van der Waals surface area contributed by atoms with Crippen LogP contribution >= 0.6 is 11.3 Å². The van der Waals surface area contributed by atoms with Gasteiger partial charge in [-0.3, -0.25) is 10.1 Å². The van der Waals surface area contributed by atoms with E-state index in [1.807, 2.05) is 23.1 Å². The minimum absolute atomic E-state index is 0.0372. The van der Waals surface area contributed by atoms with Crippen LogP contribution in [0.5, 0.6) is 0 Å². The second-order valence-corrected chi connectivity index (χ2v) is 10.5. The molecule has 1 fully saturated rings. The van der Waals surface area contributed by atoms with Crippen molar-refractivity contribution in [3.05, 3.63) is 46.3 Å². The first kappa shape index (κ1) is 19.8. The number of imidazole rings is 1. The van der Waals surface area contributed by atoms with Gasteiger partial charge >= 0.3 is 5.69 Å². The van der Waals surface area contributed by atoms with Crippen LogP contribution in [0, 0.1) is 10.1 Å². The highest BCUT2D eigenvalue weighted by atomic mass is 32.2. The minimum Gasteiger partial charge on any atom is -0.358 e. The van der Waals surface area contributed by atoms with Gasteiger partial charge in [-0.15, -0.1) is 0 Å². The van der Waals surface area contributed by atoms with E-state index in [0.29, 0.717) is 18.1 Å². The summed E-state index contributed by atoms with van der Waals surface area (Å²) in [5, 5.41) is 11.9. The maximum Gasteiger partial charge on any atom is 0.305 e. The number of anilines is 1. The van der Waals surface area contributed by atoms with Crippen molar-refractivity contribution in [1.29, 1.82) is 0 Å². The number of sulfone groups is 1. The standard InChI is InChI=1S/C19H22N4O4S2/c1-3-17-20-14-6-4-5-7-15(14)22(17)13-8-10-21(11-9-13)19-16(23(24)25)12-18(28-19)29(2,26)27/h4-7,12-13H,3,8-11H2,1-2H3. The summed E-state index contributed by atoms with van der Waals surface area (Å²) >= 11 is 0.987. The highest BCUT2D eigenvalue weighted by Crippen LogP contribution is 2.42. The number of thiophene rings is 1. The summed E-state index contributed by atoms with van der Waals surface area (Å²) in [6, 6.07) is 9.54. The SMILES string of the molecule is CCc1nc2ccccc2n1C1CCN(c2sc(S(C)(=O)=O)cc2[N+](=O)[O-])CC1. The van der Waals surface area contributed by atoms with Crippen LogP contribution in [0.1, 0.15) is 31.6 Å². The maximum absolute atomic E-state index is 11.9. The van der Waals surface area contributed by atoms with Crippen LogP contribution in [0.4, 0.5) is 10.7 Å². The van der Waals surface area contributed by atoms with Crippen LogP contribution in [-0.4, -0.2) is 42.2 Å². The summed E-state index contributed by atoms with van der Waals surface area (Å²) < 4.78 is 26.1. The van der Waals surface area contributed by atoms with Gasteiger partial charge in [0.2, 0.25) is 0 Å². The highest BCUT2D eigenvalue weighted by molar-refractivity contribution is 7.92. The van der Waals surface area contributed by atoms with E-state index >= 15 is 0 Å². The number of hydrogen-bond acceptors (Lipinski definition) is 7.